The molecule has 0 radical (unpaired) electrons. The molecular formula is C17H24N2O4. The molecule has 6 heteroatoms. The van der Waals surface area contributed by atoms with E-state index in [4.69, 9.17) is 9.47 Å². The van der Waals surface area contributed by atoms with E-state index >= 15 is 0 Å². The minimum Gasteiger partial charge on any atom is -0.484 e. The first kappa shape index (κ1) is 18.7. The Morgan fingerprint density at radius 3 is 2.30 bits per heavy atom. The monoisotopic (exact) mass is 320 g/mol. The quantitative estimate of drug-likeness (QED) is 0.497. The van der Waals surface area contributed by atoms with Crippen LogP contribution in [0, 0.1) is 5.41 Å². The molecule has 1 N–H and O–H groups in total. The van der Waals surface area contributed by atoms with Gasteiger partial charge in [-0.25, -0.2) is 10.2 Å². The minimum atomic E-state index is -0.385. The molecule has 1 aromatic carbocycles. The van der Waals surface area contributed by atoms with Crippen molar-refractivity contribution in [3.05, 3.63) is 29.8 Å². The van der Waals surface area contributed by atoms with E-state index in [2.05, 4.69) is 10.5 Å². The molecular weight excluding hydrogens is 296 g/mol. The molecule has 126 valence electrons. The Morgan fingerprint density at radius 2 is 1.78 bits per heavy atom. The normalized spacial score (nSPS) is 11.8. The lowest BCUT2D eigenvalue weighted by molar-refractivity contribution is -0.123. The van der Waals surface area contributed by atoms with E-state index in [1.165, 1.54) is 0 Å². The number of hydrazone groups is 1. The maximum Gasteiger partial charge on any atom is 0.338 e. The van der Waals surface area contributed by atoms with Gasteiger partial charge < -0.3 is 9.47 Å². The molecule has 0 aliphatic carbocycles. The first-order valence-electron chi connectivity index (χ1n) is 7.47. The fourth-order valence-electron chi connectivity index (χ4n) is 1.40. The number of nitrogens with zero attached hydrogens (tertiary/aromatic N) is 1. The van der Waals surface area contributed by atoms with Crippen LogP contribution in [0.4, 0.5) is 0 Å². The number of esters is 1. The van der Waals surface area contributed by atoms with Gasteiger partial charge in [0.25, 0.3) is 5.91 Å². The van der Waals surface area contributed by atoms with Crippen LogP contribution < -0.4 is 10.2 Å². The molecule has 0 fully saturated rings. The number of hydrogen-bond acceptors (Lipinski definition) is 5. The first-order chi connectivity index (χ1) is 10.7. The zero-order valence-electron chi connectivity index (χ0n) is 14.3. The van der Waals surface area contributed by atoms with Gasteiger partial charge in [-0.2, -0.15) is 5.10 Å². The van der Waals surface area contributed by atoms with Gasteiger partial charge in [-0.05, 0) is 38.1 Å². The molecule has 0 unspecified atom stereocenters. The van der Waals surface area contributed by atoms with Gasteiger partial charge in [0, 0.05) is 11.1 Å². The number of nitrogens with one attached hydrogen (secondary N) is 1. The van der Waals surface area contributed by atoms with E-state index in [0.717, 1.165) is 5.71 Å². The Kier molecular flexibility index (Phi) is 6.75. The third-order valence-electron chi connectivity index (χ3n) is 3.17. The zero-order chi connectivity index (χ0) is 17.5. The smallest absolute Gasteiger partial charge is 0.338 e. The summed E-state index contributed by atoms with van der Waals surface area (Å²) in [5.74, 6) is -0.239. The van der Waals surface area contributed by atoms with Gasteiger partial charge in [-0.15, -0.1) is 0 Å². The third kappa shape index (κ3) is 6.50. The molecule has 0 bridgehead atoms. The Hall–Kier alpha value is -2.37. The summed E-state index contributed by atoms with van der Waals surface area (Å²) in [6.07, 6.45) is 0. The van der Waals surface area contributed by atoms with Crippen molar-refractivity contribution in [2.24, 2.45) is 10.5 Å². The number of rotatable bonds is 6. The summed E-state index contributed by atoms with van der Waals surface area (Å²) in [4.78, 5) is 23.2. The SMILES string of the molecule is CCOC(=O)c1ccc(OCC(=O)N/N=C(\C)C(C)(C)C)cc1. The van der Waals surface area contributed by atoms with Gasteiger partial charge in [0.15, 0.2) is 6.61 Å². The second kappa shape index (κ2) is 8.31. The molecule has 1 rings (SSSR count). The Labute approximate surface area is 136 Å². The topological polar surface area (TPSA) is 77.0 Å². The predicted octanol–water partition coefficient (Wildman–Crippen LogP) is 2.78. The molecule has 0 atom stereocenters. The van der Waals surface area contributed by atoms with Gasteiger partial charge in [-0.1, -0.05) is 20.8 Å². The summed E-state index contributed by atoms with van der Waals surface area (Å²) in [5, 5.41) is 4.04. The third-order valence-corrected chi connectivity index (χ3v) is 3.17. The highest BCUT2D eigenvalue weighted by atomic mass is 16.5. The highest BCUT2D eigenvalue weighted by molar-refractivity contribution is 5.89. The molecule has 1 amide bonds. The molecule has 0 saturated heterocycles. The van der Waals surface area contributed by atoms with Crippen molar-refractivity contribution in [1.29, 1.82) is 0 Å². The summed E-state index contributed by atoms with van der Waals surface area (Å²) in [6.45, 7) is 9.82. The van der Waals surface area contributed by atoms with Crippen molar-refractivity contribution in [1.82, 2.24) is 5.43 Å². The standard InChI is InChI=1S/C17H24N2O4/c1-6-22-16(21)13-7-9-14(10-8-13)23-11-15(20)19-18-12(2)17(3,4)5/h7-10H,6,11H2,1-5H3,(H,19,20)/b18-12+. The molecule has 0 aromatic heterocycles. The molecule has 0 aliphatic heterocycles. The van der Waals surface area contributed by atoms with Crippen molar-refractivity contribution in [2.45, 2.75) is 34.6 Å². The highest BCUT2D eigenvalue weighted by Crippen LogP contribution is 2.15. The summed E-state index contributed by atoms with van der Waals surface area (Å²) in [5.41, 5.74) is 3.62. The number of amides is 1. The summed E-state index contributed by atoms with van der Waals surface area (Å²) in [6, 6.07) is 6.41. The molecule has 6 nitrogen and oxygen atoms in total. The maximum absolute atomic E-state index is 11.7. The van der Waals surface area contributed by atoms with Gasteiger partial charge in [0.05, 0.1) is 12.2 Å². The zero-order valence-corrected chi connectivity index (χ0v) is 14.3. The number of benzene rings is 1. The maximum atomic E-state index is 11.7. The lowest BCUT2D eigenvalue weighted by Crippen LogP contribution is -2.28. The van der Waals surface area contributed by atoms with Crippen LogP contribution in [-0.4, -0.2) is 30.8 Å². The lowest BCUT2D eigenvalue weighted by Gasteiger charge is -2.17. The summed E-state index contributed by atoms with van der Waals surface area (Å²) >= 11 is 0. The second-order valence-corrected chi connectivity index (χ2v) is 6.02. The van der Waals surface area contributed by atoms with Gasteiger partial charge in [0.1, 0.15) is 5.75 Å². The average molecular weight is 320 g/mol. The number of carbonyl (C=O) groups is 2. The van der Waals surface area contributed by atoms with Crippen LogP contribution in [0.15, 0.2) is 29.4 Å². The highest BCUT2D eigenvalue weighted by Gasteiger charge is 2.14. The Morgan fingerprint density at radius 1 is 1.17 bits per heavy atom. The van der Waals surface area contributed by atoms with Gasteiger partial charge in [0.2, 0.25) is 0 Å². The Bertz CT molecular complexity index is 571. The fraction of sp³-hybridized carbons (Fsp3) is 0.471. The van der Waals surface area contributed by atoms with E-state index in [1.807, 2.05) is 27.7 Å². The number of hydrogen-bond donors (Lipinski definition) is 1. The molecule has 23 heavy (non-hydrogen) atoms. The average Bonchev–Trinajstić information content (AvgIpc) is 2.50. The van der Waals surface area contributed by atoms with Crippen LogP contribution in [0.2, 0.25) is 0 Å². The summed E-state index contributed by atoms with van der Waals surface area (Å²) in [7, 11) is 0. The molecule has 0 aliphatic rings. The van der Waals surface area contributed by atoms with Crippen LogP contribution in [-0.2, 0) is 9.53 Å². The van der Waals surface area contributed by atoms with Crippen LogP contribution in [0.1, 0.15) is 45.0 Å². The van der Waals surface area contributed by atoms with Gasteiger partial charge >= 0.3 is 5.97 Å². The molecule has 0 saturated carbocycles. The van der Waals surface area contributed by atoms with E-state index in [1.54, 1.807) is 31.2 Å². The Balaban J connectivity index is 2.49. The van der Waals surface area contributed by atoms with Crippen molar-refractivity contribution >= 4 is 17.6 Å². The molecule has 0 heterocycles. The van der Waals surface area contributed by atoms with Crippen molar-refractivity contribution in [3.63, 3.8) is 0 Å². The lowest BCUT2D eigenvalue weighted by atomic mass is 9.91. The van der Waals surface area contributed by atoms with Crippen LogP contribution in [0.3, 0.4) is 0 Å². The van der Waals surface area contributed by atoms with Crippen molar-refractivity contribution in [3.8, 4) is 5.75 Å². The van der Waals surface area contributed by atoms with Crippen molar-refractivity contribution in [2.75, 3.05) is 13.2 Å². The minimum absolute atomic E-state index is 0.100. The van der Waals surface area contributed by atoms with Crippen molar-refractivity contribution < 1.29 is 19.1 Å². The van der Waals surface area contributed by atoms with E-state index < -0.39 is 0 Å². The van der Waals surface area contributed by atoms with Gasteiger partial charge in [-0.3, -0.25) is 4.79 Å². The second-order valence-electron chi connectivity index (χ2n) is 6.02. The number of carbonyl (C=O) groups excluding carboxylic acids is 2. The van der Waals surface area contributed by atoms with E-state index in [-0.39, 0.29) is 23.9 Å². The van der Waals surface area contributed by atoms with Crippen LogP contribution in [0.5, 0.6) is 5.75 Å². The largest absolute Gasteiger partial charge is 0.484 e. The van der Waals surface area contributed by atoms with Crippen LogP contribution in [0.25, 0.3) is 0 Å². The molecule has 0 spiro atoms. The van der Waals surface area contributed by atoms with Crippen LogP contribution >= 0.6 is 0 Å². The van der Waals surface area contributed by atoms with E-state index in [9.17, 15) is 9.59 Å². The summed E-state index contributed by atoms with van der Waals surface area (Å²) < 4.78 is 10.2. The fourth-order valence-corrected chi connectivity index (χ4v) is 1.40. The molecule has 1 aromatic rings. The predicted molar refractivity (Wildman–Crippen MR) is 88.6 cm³/mol. The number of ether oxygens (including phenoxy) is 2. The first-order valence-corrected chi connectivity index (χ1v) is 7.47. The van der Waals surface area contributed by atoms with E-state index in [0.29, 0.717) is 17.9 Å².